The third-order valence-electron chi connectivity index (χ3n) is 3.47. The Bertz CT molecular complexity index is 756. The summed E-state index contributed by atoms with van der Waals surface area (Å²) in [4.78, 5) is 26.2. The highest BCUT2D eigenvalue weighted by Gasteiger charge is 2.21. The Morgan fingerprint density at radius 2 is 2.00 bits per heavy atom. The van der Waals surface area contributed by atoms with Gasteiger partial charge in [-0.3, -0.25) is 15.1 Å². The normalized spacial score (nSPS) is 16.7. The molecule has 3 rings (SSSR count). The van der Waals surface area contributed by atoms with Crippen molar-refractivity contribution in [2.45, 2.75) is 6.04 Å². The van der Waals surface area contributed by atoms with Crippen LogP contribution in [0.3, 0.4) is 0 Å². The number of rotatable bonds is 3. The van der Waals surface area contributed by atoms with Crippen molar-refractivity contribution in [1.82, 2.24) is 0 Å². The van der Waals surface area contributed by atoms with Crippen LogP contribution in [0.2, 0.25) is 0 Å². The van der Waals surface area contributed by atoms with Gasteiger partial charge < -0.3 is 10.1 Å². The van der Waals surface area contributed by atoms with Crippen LogP contribution in [0, 0.1) is 10.1 Å². The molecule has 0 radical (unpaired) electrons. The van der Waals surface area contributed by atoms with Crippen LogP contribution < -0.4 is 5.32 Å². The number of hydrogen-bond acceptors (Lipinski definition) is 5. The number of aldehydes is 1. The summed E-state index contributed by atoms with van der Waals surface area (Å²) in [6, 6.07) is 13.5. The van der Waals surface area contributed by atoms with E-state index in [2.05, 4.69) is 10.3 Å². The van der Waals surface area contributed by atoms with Gasteiger partial charge in [-0.05, 0) is 6.07 Å². The fourth-order valence-corrected chi connectivity index (χ4v) is 2.41. The van der Waals surface area contributed by atoms with E-state index in [0.29, 0.717) is 17.0 Å². The Hall–Kier alpha value is -3.02. The summed E-state index contributed by atoms with van der Waals surface area (Å²) < 4.78 is 0. The number of benzene rings is 2. The maximum absolute atomic E-state index is 11.1. The predicted molar refractivity (Wildman–Crippen MR) is 83.5 cm³/mol. The molecule has 6 nitrogen and oxygen atoms in total. The molecule has 1 heterocycles. The average molecular weight is 295 g/mol. The van der Waals surface area contributed by atoms with Gasteiger partial charge in [0.15, 0.2) is 0 Å². The Morgan fingerprint density at radius 3 is 2.68 bits per heavy atom. The van der Waals surface area contributed by atoms with Crippen LogP contribution >= 0.6 is 0 Å². The van der Waals surface area contributed by atoms with Crippen LogP contribution in [0.15, 0.2) is 53.5 Å². The summed E-state index contributed by atoms with van der Waals surface area (Å²) in [6.45, 7) is 0.288. The van der Waals surface area contributed by atoms with E-state index in [1.165, 1.54) is 12.1 Å². The first kappa shape index (κ1) is 13.9. The summed E-state index contributed by atoms with van der Waals surface area (Å²) in [5, 5.41) is 14.1. The van der Waals surface area contributed by atoms with E-state index < -0.39 is 11.0 Å². The van der Waals surface area contributed by atoms with Crippen molar-refractivity contribution in [3.05, 3.63) is 69.8 Å². The fraction of sp³-hybridized carbons (Fsp3) is 0.125. The second-order valence-electron chi connectivity index (χ2n) is 4.93. The zero-order valence-electron chi connectivity index (χ0n) is 11.6. The van der Waals surface area contributed by atoms with Gasteiger partial charge in [0.1, 0.15) is 12.3 Å². The summed E-state index contributed by atoms with van der Waals surface area (Å²) in [5.41, 5.74) is 2.80. The second-order valence-corrected chi connectivity index (χ2v) is 4.93. The standard InChI is InChI=1S/C16H13N3O3/c20-10-12-9-17-16(11-4-2-1-3-5-11)14-8-13(19(21)22)6-7-15(14)18-12/h1-8,10,12,18H,9H2. The molecule has 1 aliphatic heterocycles. The molecule has 0 saturated heterocycles. The summed E-state index contributed by atoms with van der Waals surface area (Å²) in [5.74, 6) is 0. The summed E-state index contributed by atoms with van der Waals surface area (Å²) >= 11 is 0. The van der Waals surface area contributed by atoms with Gasteiger partial charge >= 0.3 is 0 Å². The Kier molecular flexibility index (Phi) is 3.65. The van der Waals surface area contributed by atoms with Crippen LogP contribution in [-0.4, -0.2) is 29.5 Å². The number of nitrogens with zero attached hydrogens (tertiary/aromatic N) is 2. The van der Waals surface area contributed by atoms with Crippen molar-refractivity contribution in [2.24, 2.45) is 4.99 Å². The third kappa shape index (κ3) is 2.58. The number of nitro groups is 1. The number of carbonyl (C=O) groups excluding carboxylic acids is 1. The molecule has 22 heavy (non-hydrogen) atoms. The van der Waals surface area contributed by atoms with E-state index >= 15 is 0 Å². The van der Waals surface area contributed by atoms with E-state index in [9.17, 15) is 14.9 Å². The molecule has 1 atom stereocenters. The monoisotopic (exact) mass is 295 g/mol. The molecule has 0 aromatic heterocycles. The number of carbonyl (C=O) groups is 1. The van der Waals surface area contributed by atoms with Crippen LogP contribution in [0.1, 0.15) is 11.1 Å². The minimum atomic E-state index is -0.443. The second kappa shape index (κ2) is 5.77. The molecule has 0 saturated carbocycles. The molecule has 0 aliphatic carbocycles. The van der Waals surface area contributed by atoms with Gasteiger partial charge in [-0.2, -0.15) is 0 Å². The molecule has 0 spiro atoms. The zero-order chi connectivity index (χ0) is 15.5. The van der Waals surface area contributed by atoms with Gasteiger partial charge in [0.05, 0.1) is 17.2 Å². The number of nitro benzene ring substituents is 1. The van der Waals surface area contributed by atoms with E-state index in [-0.39, 0.29) is 12.2 Å². The third-order valence-corrected chi connectivity index (χ3v) is 3.47. The van der Waals surface area contributed by atoms with Gasteiger partial charge in [0.2, 0.25) is 0 Å². The summed E-state index contributed by atoms with van der Waals surface area (Å²) in [7, 11) is 0. The lowest BCUT2D eigenvalue weighted by atomic mass is 10.00. The minimum absolute atomic E-state index is 0.00580. The first-order chi connectivity index (χ1) is 10.7. The van der Waals surface area contributed by atoms with Crippen LogP contribution in [0.4, 0.5) is 11.4 Å². The lowest BCUT2D eigenvalue weighted by Crippen LogP contribution is -2.23. The molecular weight excluding hydrogens is 282 g/mol. The maximum atomic E-state index is 11.1. The van der Waals surface area contributed by atoms with Crippen molar-refractivity contribution in [2.75, 3.05) is 11.9 Å². The quantitative estimate of drug-likeness (QED) is 0.535. The first-order valence-corrected chi connectivity index (χ1v) is 6.79. The Morgan fingerprint density at radius 1 is 1.23 bits per heavy atom. The number of anilines is 1. The van der Waals surface area contributed by atoms with Gasteiger partial charge in [-0.15, -0.1) is 0 Å². The van der Waals surface area contributed by atoms with E-state index in [1.54, 1.807) is 6.07 Å². The topological polar surface area (TPSA) is 84.6 Å². The number of aliphatic imine (C=N–C) groups is 1. The van der Waals surface area contributed by atoms with E-state index in [0.717, 1.165) is 11.8 Å². The van der Waals surface area contributed by atoms with Crippen molar-refractivity contribution in [1.29, 1.82) is 0 Å². The van der Waals surface area contributed by atoms with Crippen molar-refractivity contribution in [3.8, 4) is 0 Å². The molecule has 1 N–H and O–H groups in total. The molecule has 6 heteroatoms. The molecule has 0 bridgehead atoms. The fourth-order valence-electron chi connectivity index (χ4n) is 2.41. The van der Waals surface area contributed by atoms with Crippen LogP contribution in [0.5, 0.6) is 0 Å². The van der Waals surface area contributed by atoms with Crippen molar-refractivity contribution < 1.29 is 9.72 Å². The molecule has 110 valence electrons. The minimum Gasteiger partial charge on any atom is -0.373 e. The molecule has 1 unspecified atom stereocenters. The Balaban J connectivity index is 2.18. The number of hydrogen-bond donors (Lipinski definition) is 1. The molecule has 2 aromatic rings. The highest BCUT2D eigenvalue weighted by molar-refractivity contribution is 6.16. The zero-order valence-corrected chi connectivity index (χ0v) is 11.6. The largest absolute Gasteiger partial charge is 0.373 e. The highest BCUT2D eigenvalue weighted by atomic mass is 16.6. The molecule has 1 aliphatic rings. The van der Waals surface area contributed by atoms with Gasteiger partial charge in [-0.25, -0.2) is 0 Å². The van der Waals surface area contributed by atoms with E-state index in [4.69, 9.17) is 0 Å². The van der Waals surface area contributed by atoms with Crippen molar-refractivity contribution >= 4 is 23.4 Å². The number of benzodiazepines with no additional fused rings is 1. The van der Waals surface area contributed by atoms with Gasteiger partial charge in [0, 0.05) is 28.9 Å². The highest BCUT2D eigenvalue weighted by Crippen LogP contribution is 2.27. The van der Waals surface area contributed by atoms with Crippen molar-refractivity contribution in [3.63, 3.8) is 0 Å². The molecular formula is C16H13N3O3. The SMILES string of the molecule is O=CC1CN=C(c2ccccc2)c2cc([N+](=O)[O-])ccc2N1. The molecule has 2 aromatic carbocycles. The molecule has 0 amide bonds. The van der Waals surface area contributed by atoms with E-state index in [1.807, 2.05) is 30.3 Å². The number of nitrogens with one attached hydrogen (secondary N) is 1. The lowest BCUT2D eigenvalue weighted by molar-refractivity contribution is -0.384. The number of non-ortho nitro benzene ring substituents is 1. The number of fused-ring (bicyclic) bond motifs is 1. The lowest BCUT2D eigenvalue weighted by Gasteiger charge is -2.12. The Labute approximate surface area is 126 Å². The first-order valence-electron chi connectivity index (χ1n) is 6.79. The van der Waals surface area contributed by atoms with Crippen LogP contribution in [0.25, 0.3) is 0 Å². The summed E-state index contributed by atoms with van der Waals surface area (Å²) in [6.07, 6.45) is 0.794. The smallest absolute Gasteiger partial charge is 0.270 e. The average Bonchev–Trinajstić information content (AvgIpc) is 2.74. The van der Waals surface area contributed by atoms with Crippen LogP contribution in [-0.2, 0) is 4.79 Å². The molecule has 0 fully saturated rings. The maximum Gasteiger partial charge on any atom is 0.270 e. The van der Waals surface area contributed by atoms with Gasteiger partial charge in [-0.1, -0.05) is 30.3 Å². The predicted octanol–water partition coefficient (Wildman–Crippen LogP) is 2.43. The van der Waals surface area contributed by atoms with Gasteiger partial charge in [0.25, 0.3) is 5.69 Å².